The second kappa shape index (κ2) is 8.31. The topological polar surface area (TPSA) is 40.5 Å². The zero-order valence-electron chi connectivity index (χ0n) is 15.4. The van der Waals surface area contributed by atoms with Gasteiger partial charge in [-0.15, -0.1) is 0 Å². The third-order valence-corrected chi connectivity index (χ3v) is 4.57. The van der Waals surface area contributed by atoms with Gasteiger partial charge in [-0.05, 0) is 60.1 Å². The highest BCUT2D eigenvalue weighted by atomic mass is 16.3. The van der Waals surface area contributed by atoms with Crippen LogP contribution >= 0.6 is 0 Å². The molecule has 0 aliphatic heterocycles. The maximum atomic E-state index is 9.75. The Balaban J connectivity index is 1.94. The van der Waals surface area contributed by atoms with Crippen molar-refractivity contribution < 1.29 is 10.2 Å². The fourth-order valence-electron chi connectivity index (χ4n) is 3.43. The number of rotatable bonds is 6. The van der Waals surface area contributed by atoms with E-state index < -0.39 is 0 Å². The molecule has 0 aromatic heterocycles. The first-order valence-electron chi connectivity index (χ1n) is 9.17. The van der Waals surface area contributed by atoms with Gasteiger partial charge in [0.1, 0.15) is 0 Å². The molecular formula is C24H26O2. The van der Waals surface area contributed by atoms with Crippen LogP contribution in [0.2, 0.25) is 0 Å². The van der Waals surface area contributed by atoms with E-state index in [1.165, 1.54) is 0 Å². The van der Waals surface area contributed by atoms with Crippen LogP contribution in [0.4, 0.5) is 0 Å². The number of hydrogen-bond acceptors (Lipinski definition) is 2. The summed E-state index contributed by atoms with van der Waals surface area (Å²) in [5, 5.41) is 19.5. The van der Waals surface area contributed by atoms with Crippen LogP contribution in [-0.4, -0.2) is 22.4 Å². The maximum absolute atomic E-state index is 9.75. The van der Waals surface area contributed by atoms with Crippen molar-refractivity contribution in [3.8, 4) is 22.3 Å². The maximum Gasteiger partial charge on any atom is 0.0552 e. The molecule has 0 amide bonds. The van der Waals surface area contributed by atoms with E-state index in [9.17, 15) is 10.2 Å². The van der Waals surface area contributed by atoms with Crippen molar-refractivity contribution in [2.24, 2.45) is 0 Å². The summed E-state index contributed by atoms with van der Waals surface area (Å²) in [5.41, 5.74) is 6.94. The Bertz CT molecular complexity index is 776. The van der Waals surface area contributed by atoms with E-state index in [0.717, 1.165) is 33.4 Å². The molecule has 0 radical (unpaired) electrons. The molecule has 0 saturated heterocycles. The number of benzene rings is 3. The van der Waals surface area contributed by atoms with Crippen LogP contribution in [0.1, 0.15) is 25.0 Å². The van der Waals surface area contributed by atoms with E-state index in [2.05, 4.69) is 48.5 Å². The number of aliphatic hydroxyl groups is 2. The molecule has 2 N–H and O–H groups in total. The molecule has 3 aromatic carbocycles. The van der Waals surface area contributed by atoms with Crippen molar-refractivity contribution in [2.45, 2.75) is 38.9 Å². The van der Waals surface area contributed by atoms with E-state index >= 15 is 0 Å². The summed E-state index contributed by atoms with van der Waals surface area (Å²) < 4.78 is 0. The molecule has 2 nitrogen and oxygen atoms in total. The number of aliphatic hydroxyl groups excluding tert-OH is 2. The molecule has 3 rings (SSSR count). The summed E-state index contributed by atoms with van der Waals surface area (Å²) in [4.78, 5) is 0. The smallest absolute Gasteiger partial charge is 0.0552 e. The summed E-state index contributed by atoms with van der Waals surface area (Å²) in [5.74, 6) is 0. The van der Waals surface area contributed by atoms with Crippen LogP contribution in [0.25, 0.3) is 22.3 Å². The van der Waals surface area contributed by atoms with E-state index in [1.54, 1.807) is 0 Å². The zero-order chi connectivity index (χ0) is 18.5. The van der Waals surface area contributed by atoms with Crippen molar-refractivity contribution >= 4 is 0 Å². The first kappa shape index (κ1) is 18.4. The molecule has 134 valence electrons. The minimum absolute atomic E-state index is 0.359. The molecule has 0 aliphatic rings. The Labute approximate surface area is 155 Å². The molecule has 0 saturated carbocycles. The molecular weight excluding hydrogens is 320 g/mol. The summed E-state index contributed by atoms with van der Waals surface area (Å²) in [6, 6.07) is 25.0. The predicted molar refractivity (Wildman–Crippen MR) is 108 cm³/mol. The summed E-state index contributed by atoms with van der Waals surface area (Å²) in [6.07, 6.45) is 0.579. The predicted octanol–water partition coefficient (Wildman–Crippen LogP) is 4.87. The SMILES string of the molecule is CC(O)Cc1ccccc1-c1ccc(-c2ccccc2CC(C)O)cc1. The molecule has 0 spiro atoms. The molecule has 0 fully saturated rings. The Hall–Kier alpha value is -2.42. The van der Waals surface area contributed by atoms with Gasteiger partial charge in [0, 0.05) is 0 Å². The highest BCUT2D eigenvalue weighted by molar-refractivity contribution is 5.73. The quantitative estimate of drug-likeness (QED) is 0.669. The van der Waals surface area contributed by atoms with Crippen LogP contribution in [0.5, 0.6) is 0 Å². The number of hydrogen-bond donors (Lipinski definition) is 2. The molecule has 2 unspecified atom stereocenters. The van der Waals surface area contributed by atoms with Crippen molar-refractivity contribution in [2.75, 3.05) is 0 Å². The average molecular weight is 346 g/mol. The summed E-state index contributed by atoms with van der Waals surface area (Å²) in [7, 11) is 0. The van der Waals surface area contributed by atoms with Gasteiger partial charge in [0.2, 0.25) is 0 Å². The first-order valence-corrected chi connectivity index (χ1v) is 9.17. The second-order valence-electron chi connectivity index (χ2n) is 7.00. The molecule has 3 aromatic rings. The van der Waals surface area contributed by atoms with Crippen molar-refractivity contribution in [3.05, 3.63) is 83.9 Å². The molecule has 0 bridgehead atoms. The highest BCUT2D eigenvalue weighted by Crippen LogP contribution is 2.30. The third kappa shape index (κ3) is 4.40. The molecule has 26 heavy (non-hydrogen) atoms. The van der Waals surface area contributed by atoms with Gasteiger partial charge < -0.3 is 10.2 Å². The van der Waals surface area contributed by atoms with E-state index in [0.29, 0.717) is 12.8 Å². The van der Waals surface area contributed by atoms with Crippen LogP contribution < -0.4 is 0 Å². The fourth-order valence-corrected chi connectivity index (χ4v) is 3.43. The Morgan fingerprint density at radius 2 is 0.923 bits per heavy atom. The van der Waals surface area contributed by atoms with Crippen molar-refractivity contribution in [1.82, 2.24) is 0 Å². The lowest BCUT2D eigenvalue weighted by Gasteiger charge is -2.14. The Kier molecular flexibility index (Phi) is 5.87. The fraction of sp³-hybridized carbons (Fsp3) is 0.250. The van der Waals surface area contributed by atoms with Gasteiger partial charge in [0.05, 0.1) is 12.2 Å². The second-order valence-corrected chi connectivity index (χ2v) is 7.00. The third-order valence-electron chi connectivity index (χ3n) is 4.57. The Morgan fingerprint density at radius 3 is 1.27 bits per heavy atom. The molecule has 2 atom stereocenters. The lowest BCUT2D eigenvalue weighted by Crippen LogP contribution is -2.05. The van der Waals surface area contributed by atoms with Gasteiger partial charge in [-0.1, -0.05) is 72.8 Å². The zero-order valence-corrected chi connectivity index (χ0v) is 15.4. The van der Waals surface area contributed by atoms with Gasteiger partial charge in [0.15, 0.2) is 0 Å². The van der Waals surface area contributed by atoms with Gasteiger partial charge in [-0.25, -0.2) is 0 Å². The van der Waals surface area contributed by atoms with Crippen molar-refractivity contribution in [3.63, 3.8) is 0 Å². The van der Waals surface area contributed by atoms with E-state index in [4.69, 9.17) is 0 Å². The standard InChI is InChI=1S/C24H26O2/c1-17(25)15-21-7-3-5-9-23(21)19-11-13-20(14-12-19)24-10-6-4-8-22(24)16-18(2)26/h3-14,17-18,25-26H,15-16H2,1-2H3. The van der Waals surface area contributed by atoms with Gasteiger partial charge in [-0.2, -0.15) is 0 Å². The average Bonchev–Trinajstić information content (AvgIpc) is 2.62. The Morgan fingerprint density at radius 1 is 0.577 bits per heavy atom. The monoisotopic (exact) mass is 346 g/mol. The van der Waals surface area contributed by atoms with Crippen molar-refractivity contribution in [1.29, 1.82) is 0 Å². The van der Waals surface area contributed by atoms with Crippen LogP contribution in [0, 0.1) is 0 Å². The lowest BCUT2D eigenvalue weighted by atomic mass is 9.92. The van der Waals surface area contributed by atoms with Crippen LogP contribution in [0.15, 0.2) is 72.8 Å². The molecule has 0 aliphatic carbocycles. The minimum Gasteiger partial charge on any atom is -0.393 e. The van der Waals surface area contributed by atoms with Gasteiger partial charge in [-0.3, -0.25) is 0 Å². The van der Waals surface area contributed by atoms with E-state index in [-0.39, 0.29) is 12.2 Å². The molecule has 2 heteroatoms. The largest absolute Gasteiger partial charge is 0.393 e. The summed E-state index contributed by atoms with van der Waals surface area (Å²) >= 11 is 0. The van der Waals surface area contributed by atoms with Crippen LogP contribution in [-0.2, 0) is 12.8 Å². The lowest BCUT2D eigenvalue weighted by molar-refractivity contribution is 0.195. The molecule has 0 heterocycles. The first-order chi connectivity index (χ1) is 12.5. The van der Waals surface area contributed by atoms with Gasteiger partial charge in [0.25, 0.3) is 0 Å². The van der Waals surface area contributed by atoms with Gasteiger partial charge >= 0.3 is 0 Å². The highest BCUT2D eigenvalue weighted by Gasteiger charge is 2.10. The van der Waals surface area contributed by atoms with Crippen LogP contribution in [0.3, 0.4) is 0 Å². The minimum atomic E-state index is -0.359. The normalized spacial score (nSPS) is 13.4. The van der Waals surface area contributed by atoms with E-state index in [1.807, 2.05) is 38.1 Å². The summed E-state index contributed by atoms with van der Waals surface area (Å²) in [6.45, 7) is 3.64.